The van der Waals surface area contributed by atoms with Crippen LogP contribution in [0.3, 0.4) is 0 Å². The van der Waals surface area contributed by atoms with E-state index in [1.807, 2.05) is 38.1 Å². The molecule has 0 saturated heterocycles. The number of ether oxygens (including phenoxy) is 1. The minimum Gasteiger partial charge on any atom is -0.497 e. The van der Waals surface area contributed by atoms with Crippen molar-refractivity contribution in [3.8, 4) is 5.75 Å². The van der Waals surface area contributed by atoms with Crippen molar-refractivity contribution in [1.29, 1.82) is 0 Å². The average molecular weight is 250 g/mol. The van der Waals surface area contributed by atoms with Gasteiger partial charge >= 0.3 is 0 Å². The van der Waals surface area contributed by atoms with Crippen LogP contribution in [0.25, 0.3) is 0 Å². The molecule has 0 aliphatic heterocycles. The van der Waals surface area contributed by atoms with Crippen LogP contribution in [0.5, 0.6) is 5.75 Å². The van der Waals surface area contributed by atoms with Gasteiger partial charge in [0.1, 0.15) is 5.75 Å². The van der Waals surface area contributed by atoms with Crippen LogP contribution in [0.15, 0.2) is 24.3 Å². The summed E-state index contributed by atoms with van der Waals surface area (Å²) >= 11 is 0. The summed E-state index contributed by atoms with van der Waals surface area (Å²) in [6.07, 6.45) is 0.901. The molecule has 0 aliphatic carbocycles. The van der Waals surface area contributed by atoms with Gasteiger partial charge in [0, 0.05) is 17.3 Å². The molecule has 18 heavy (non-hydrogen) atoms. The summed E-state index contributed by atoms with van der Waals surface area (Å²) in [7, 11) is 1.62. The number of amides is 1. The fraction of sp³-hybridized carbons (Fsp3) is 0.500. The number of carbonyl (C=O) groups is 1. The Morgan fingerprint density at radius 2 is 2.11 bits per heavy atom. The first-order valence-electron chi connectivity index (χ1n) is 6.16. The SMILES string of the molecule is CCC(C)(C)NC(=O)CNc1cccc(OC)c1. The highest BCUT2D eigenvalue weighted by Gasteiger charge is 2.17. The van der Waals surface area contributed by atoms with Gasteiger partial charge in [-0.3, -0.25) is 4.79 Å². The number of anilines is 1. The fourth-order valence-corrected chi connectivity index (χ4v) is 1.43. The molecule has 100 valence electrons. The van der Waals surface area contributed by atoms with Gasteiger partial charge in [-0.05, 0) is 32.4 Å². The molecule has 0 saturated carbocycles. The molecule has 0 fully saturated rings. The first-order valence-corrected chi connectivity index (χ1v) is 6.16. The molecule has 0 unspecified atom stereocenters. The molecule has 1 amide bonds. The van der Waals surface area contributed by atoms with E-state index in [1.165, 1.54) is 0 Å². The molecule has 0 atom stereocenters. The van der Waals surface area contributed by atoms with Crippen LogP contribution in [0, 0.1) is 0 Å². The van der Waals surface area contributed by atoms with E-state index in [-0.39, 0.29) is 18.0 Å². The molecule has 1 rings (SSSR count). The van der Waals surface area contributed by atoms with Crippen molar-refractivity contribution in [1.82, 2.24) is 5.32 Å². The average Bonchev–Trinajstić information content (AvgIpc) is 2.36. The molecule has 4 nitrogen and oxygen atoms in total. The van der Waals surface area contributed by atoms with E-state index in [0.29, 0.717) is 0 Å². The van der Waals surface area contributed by atoms with E-state index in [1.54, 1.807) is 7.11 Å². The fourth-order valence-electron chi connectivity index (χ4n) is 1.43. The van der Waals surface area contributed by atoms with E-state index in [9.17, 15) is 4.79 Å². The van der Waals surface area contributed by atoms with Crippen LogP contribution in [0.1, 0.15) is 27.2 Å². The Balaban J connectivity index is 2.47. The minimum absolute atomic E-state index is 0.00956. The third-order valence-corrected chi connectivity index (χ3v) is 2.88. The van der Waals surface area contributed by atoms with Crippen LogP contribution in [-0.2, 0) is 4.79 Å². The standard InChI is InChI=1S/C14H22N2O2/c1-5-14(2,3)16-13(17)10-15-11-7-6-8-12(9-11)18-4/h6-9,15H,5,10H2,1-4H3,(H,16,17). The highest BCUT2D eigenvalue weighted by molar-refractivity contribution is 5.81. The summed E-state index contributed by atoms with van der Waals surface area (Å²) in [6.45, 7) is 6.33. The largest absolute Gasteiger partial charge is 0.497 e. The maximum absolute atomic E-state index is 11.7. The summed E-state index contributed by atoms with van der Waals surface area (Å²) in [5.41, 5.74) is 0.714. The highest BCUT2D eigenvalue weighted by Crippen LogP contribution is 2.16. The zero-order valence-corrected chi connectivity index (χ0v) is 11.5. The number of benzene rings is 1. The first kappa shape index (κ1) is 14.4. The Bertz CT molecular complexity index is 403. The van der Waals surface area contributed by atoms with Gasteiger partial charge < -0.3 is 15.4 Å². The lowest BCUT2D eigenvalue weighted by atomic mass is 10.0. The lowest BCUT2D eigenvalue weighted by Gasteiger charge is -2.24. The Morgan fingerprint density at radius 1 is 1.39 bits per heavy atom. The number of nitrogens with one attached hydrogen (secondary N) is 2. The molecule has 0 spiro atoms. The van der Waals surface area contributed by atoms with Crippen LogP contribution in [0.2, 0.25) is 0 Å². The molecule has 0 aliphatic rings. The van der Waals surface area contributed by atoms with Gasteiger partial charge in [-0.25, -0.2) is 0 Å². The van der Waals surface area contributed by atoms with E-state index >= 15 is 0 Å². The lowest BCUT2D eigenvalue weighted by Crippen LogP contribution is -2.45. The third-order valence-electron chi connectivity index (χ3n) is 2.88. The molecule has 0 radical (unpaired) electrons. The Labute approximate surface area is 109 Å². The number of hydrogen-bond acceptors (Lipinski definition) is 3. The monoisotopic (exact) mass is 250 g/mol. The van der Waals surface area contributed by atoms with Crippen molar-refractivity contribution in [3.63, 3.8) is 0 Å². The third kappa shape index (κ3) is 4.65. The zero-order valence-electron chi connectivity index (χ0n) is 11.5. The maximum atomic E-state index is 11.7. The molecule has 0 heterocycles. The number of carbonyl (C=O) groups excluding carboxylic acids is 1. The van der Waals surface area contributed by atoms with Crippen LogP contribution >= 0.6 is 0 Å². The zero-order chi connectivity index (χ0) is 13.6. The van der Waals surface area contributed by atoms with Crippen molar-refractivity contribution < 1.29 is 9.53 Å². The molecule has 4 heteroatoms. The van der Waals surface area contributed by atoms with Gasteiger partial charge in [0.2, 0.25) is 5.91 Å². The molecule has 1 aromatic rings. The smallest absolute Gasteiger partial charge is 0.239 e. The summed E-state index contributed by atoms with van der Waals surface area (Å²) in [4.78, 5) is 11.7. The van der Waals surface area contributed by atoms with Crippen LogP contribution in [-0.4, -0.2) is 25.1 Å². The Hall–Kier alpha value is -1.71. The van der Waals surface area contributed by atoms with Gasteiger partial charge in [-0.2, -0.15) is 0 Å². The van der Waals surface area contributed by atoms with Crippen molar-refractivity contribution >= 4 is 11.6 Å². The van der Waals surface area contributed by atoms with Crippen LogP contribution < -0.4 is 15.4 Å². The van der Waals surface area contributed by atoms with Gasteiger partial charge in [0.15, 0.2) is 0 Å². The van der Waals surface area contributed by atoms with Gasteiger partial charge in [-0.1, -0.05) is 13.0 Å². The second kappa shape index (κ2) is 6.28. The van der Waals surface area contributed by atoms with Gasteiger partial charge in [0.25, 0.3) is 0 Å². The summed E-state index contributed by atoms with van der Waals surface area (Å²) in [6, 6.07) is 7.51. The summed E-state index contributed by atoms with van der Waals surface area (Å²) in [5.74, 6) is 0.763. The predicted octanol–water partition coefficient (Wildman–Crippen LogP) is 2.41. The maximum Gasteiger partial charge on any atom is 0.239 e. The van der Waals surface area contributed by atoms with Gasteiger partial charge in [-0.15, -0.1) is 0 Å². The molecular formula is C14H22N2O2. The second-order valence-corrected chi connectivity index (χ2v) is 4.87. The number of methoxy groups -OCH3 is 1. The van der Waals surface area contributed by atoms with Crippen molar-refractivity contribution in [2.45, 2.75) is 32.7 Å². The van der Waals surface area contributed by atoms with Crippen molar-refractivity contribution in [2.75, 3.05) is 19.0 Å². The second-order valence-electron chi connectivity index (χ2n) is 4.87. The molecule has 0 bridgehead atoms. The number of hydrogen-bond donors (Lipinski definition) is 2. The molecular weight excluding hydrogens is 228 g/mol. The normalized spacial score (nSPS) is 10.9. The van der Waals surface area contributed by atoms with Crippen molar-refractivity contribution in [2.24, 2.45) is 0 Å². The summed E-state index contributed by atoms with van der Waals surface area (Å²) < 4.78 is 5.12. The minimum atomic E-state index is -0.160. The lowest BCUT2D eigenvalue weighted by molar-refractivity contribution is -0.121. The van der Waals surface area contributed by atoms with Gasteiger partial charge in [0.05, 0.1) is 13.7 Å². The topological polar surface area (TPSA) is 50.4 Å². The van der Waals surface area contributed by atoms with E-state index in [2.05, 4.69) is 17.6 Å². The quantitative estimate of drug-likeness (QED) is 0.815. The number of rotatable bonds is 6. The molecule has 2 N–H and O–H groups in total. The Kier molecular flexibility index (Phi) is 5.01. The van der Waals surface area contributed by atoms with Crippen molar-refractivity contribution in [3.05, 3.63) is 24.3 Å². The van der Waals surface area contributed by atoms with E-state index in [0.717, 1.165) is 17.9 Å². The Morgan fingerprint density at radius 3 is 2.72 bits per heavy atom. The molecule has 0 aromatic heterocycles. The first-order chi connectivity index (χ1) is 8.46. The molecule has 1 aromatic carbocycles. The van der Waals surface area contributed by atoms with Crippen LogP contribution in [0.4, 0.5) is 5.69 Å². The highest BCUT2D eigenvalue weighted by atomic mass is 16.5. The van der Waals surface area contributed by atoms with E-state index < -0.39 is 0 Å². The van der Waals surface area contributed by atoms with E-state index in [4.69, 9.17) is 4.74 Å². The predicted molar refractivity (Wildman–Crippen MR) is 74.0 cm³/mol. The summed E-state index contributed by atoms with van der Waals surface area (Å²) in [5, 5.41) is 6.05.